The highest BCUT2D eigenvalue weighted by Gasteiger charge is 2.29. The Labute approximate surface area is 157 Å². The SMILES string of the molecule is O=C1Cc2c(Br)cc(Br)cc2/C1=N/NC(=O)c1ccccc1Br. The van der Waals surface area contributed by atoms with Crippen LogP contribution in [0, 0.1) is 0 Å². The highest BCUT2D eigenvalue weighted by atomic mass is 79.9. The molecule has 0 aliphatic heterocycles. The van der Waals surface area contributed by atoms with Crippen molar-refractivity contribution in [1.29, 1.82) is 0 Å². The lowest BCUT2D eigenvalue weighted by molar-refractivity contribution is -0.112. The van der Waals surface area contributed by atoms with Gasteiger partial charge in [0.05, 0.1) is 5.56 Å². The van der Waals surface area contributed by atoms with Gasteiger partial charge in [-0.05, 0) is 45.8 Å². The second-order valence-electron chi connectivity index (χ2n) is 4.89. The number of halogens is 3. The maximum absolute atomic E-state index is 12.2. The van der Waals surface area contributed by atoms with E-state index in [0.29, 0.717) is 10.0 Å². The van der Waals surface area contributed by atoms with Crippen LogP contribution in [0.25, 0.3) is 0 Å². The number of hydrogen-bond acceptors (Lipinski definition) is 3. The first-order valence-corrected chi connectivity index (χ1v) is 8.99. The molecular weight excluding hydrogens is 492 g/mol. The zero-order valence-corrected chi connectivity index (χ0v) is 16.3. The van der Waals surface area contributed by atoms with Crippen LogP contribution in [0.5, 0.6) is 0 Å². The summed E-state index contributed by atoms with van der Waals surface area (Å²) in [4.78, 5) is 24.4. The Morgan fingerprint density at radius 3 is 2.57 bits per heavy atom. The van der Waals surface area contributed by atoms with Gasteiger partial charge in [-0.3, -0.25) is 9.59 Å². The van der Waals surface area contributed by atoms with E-state index in [0.717, 1.165) is 20.1 Å². The fourth-order valence-corrected chi connectivity index (χ4v) is 4.15. The van der Waals surface area contributed by atoms with Crippen molar-refractivity contribution in [3.63, 3.8) is 0 Å². The molecule has 0 fully saturated rings. The average Bonchev–Trinajstić information content (AvgIpc) is 2.81. The van der Waals surface area contributed by atoms with Gasteiger partial charge in [-0.25, -0.2) is 5.43 Å². The smallest absolute Gasteiger partial charge is 0.272 e. The summed E-state index contributed by atoms with van der Waals surface area (Å²) < 4.78 is 2.35. The number of Topliss-reactive ketones (excluding diaryl/α,β-unsaturated/α-hetero) is 1. The van der Waals surface area contributed by atoms with Crippen molar-refractivity contribution >= 4 is 65.2 Å². The number of fused-ring (bicyclic) bond motifs is 1. The normalized spacial score (nSPS) is 14.9. The first-order valence-electron chi connectivity index (χ1n) is 6.61. The summed E-state index contributed by atoms with van der Waals surface area (Å²) >= 11 is 10.2. The number of ketones is 1. The molecule has 0 heterocycles. The highest BCUT2D eigenvalue weighted by molar-refractivity contribution is 9.11. The number of nitrogens with one attached hydrogen (secondary N) is 1. The lowest BCUT2D eigenvalue weighted by Gasteiger charge is -2.05. The van der Waals surface area contributed by atoms with Crippen LogP contribution < -0.4 is 5.43 Å². The molecule has 1 amide bonds. The predicted molar refractivity (Wildman–Crippen MR) is 98.7 cm³/mol. The molecule has 1 N–H and O–H groups in total. The molecule has 0 aromatic heterocycles. The first-order chi connectivity index (χ1) is 11.0. The number of benzene rings is 2. The first kappa shape index (κ1) is 16.5. The van der Waals surface area contributed by atoms with Crippen LogP contribution in [0.15, 0.2) is 54.9 Å². The second kappa shape index (κ2) is 6.67. The number of hydrazone groups is 1. The summed E-state index contributed by atoms with van der Waals surface area (Å²) in [6, 6.07) is 10.7. The largest absolute Gasteiger partial charge is 0.292 e. The van der Waals surface area contributed by atoms with Crippen LogP contribution in [-0.4, -0.2) is 17.4 Å². The van der Waals surface area contributed by atoms with E-state index >= 15 is 0 Å². The van der Waals surface area contributed by atoms with Crippen molar-refractivity contribution in [1.82, 2.24) is 5.43 Å². The topological polar surface area (TPSA) is 58.5 Å². The number of amides is 1. The summed E-state index contributed by atoms with van der Waals surface area (Å²) in [6.07, 6.45) is 0.271. The molecule has 0 saturated heterocycles. The molecule has 23 heavy (non-hydrogen) atoms. The van der Waals surface area contributed by atoms with Crippen molar-refractivity contribution in [2.24, 2.45) is 5.10 Å². The summed E-state index contributed by atoms with van der Waals surface area (Å²) in [5, 5.41) is 4.05. The molecule has 4 nitrogen and oxygen atoms in total. The van der Waals surface area contributed by atoms with Crippen molar-refractivity contribution in [2.75, 3.05) is 0 Å². The number of carbonyl (C=O) groups is 2. The van der Waals surface area contributed by atoms with E-state index in [9.17, 15) is 9.59 Å². The van der Waals surface area contributed by atoms with Crippen molar-refractivity contribution in [3.05, 3.63) is 66.5 Å². The summed E-state index contributed by atoms with van der Waals surface area (Å²) in [5.74, 6) is -0.494. The molecule has 0 radical (unpaired) electrons. The average molecular weight is 501 g/mol. The Balaban J connectivity index is 1.92. The summed E-state index contributed by atoms with van der Waals surface area (Å²) in [7, 11) is 0. The minimum atomic E-state index is -0.375. The van der Waals surface area contributed by atoms with E-state index in [1.165, 1.54) is 0 Å². The Kier molecular flexibility index (Phi) is 4.79. The van der Waals surface area contributed by atoms with Gasteiger partial charge in [0.15, 0.2) is 5.78 Å². The molecular formula is C16H9Br3N2O2. The third kappa shape index (κ3) is 3.32. The van der Waals surface area contributed by atoms with Crippen molar-refractivity contribution in [3.8, 4) is 0 Å². The Hall–Kier alpha value is -1.31. The van der Waals surface area contributed by atoms with Crippen molar-refractivity contribution < 1.29 is 9.59 Å². The maximum Gasteiger partial charge on any atom is 0.272 e. The second-order valence-corrected chi connectivity index (χ2v) is 7.52. The molecule has 0 spiro atoms. The van der Waals surface area contributed by atoms with Gasteiger partial charge in [0.1, 0.15) is 5.71 Å². The van der Waals surface area contributed by atoms with Crippen LogP contribution >= 0.6 is 47.8 Å². The van der Waals surface area contributed by atoms with E-state index in [4.69, 9.17) is 0 Å². The predicted octanol–water partition coefficient (Wildman–Crippen LogP) is 4.23. The van der Waals surface area contributed by atoms with Crippen LogP contribution in [0.4, 0.5) is 0 Å². The molecule has 3 rings (SSSR count). The molecule has 0 unspecified atom stereocenters. The molecule has 0 bridgehead atoms. The number of hydrogen-bond donors (Lipinski definition) is 1. The van der Waals surface area contributed by atoms with Crippen molar-refractivity contribution in [2.45, 2.75) is 6.42 Å². The van der Waals surface area contributed by atoms with Gasteiger partial charge in [0.2, 0.25) is 0 Å². The lowest BCUT2D eigenvalue weighted by Crippen LogP contribution is -2.22. The standard InChI is InChI=1S/C16H9Br3N2O2/c17-8-5-11-10(13(19)6-8)7-14(22)15(11)20-21-16(23)9-3-1-2-4-12(9)18/h1-6H,7H2,(H,21,23)/b20-15-. The highest BCUT2D eigenvalue weighted by Crippen LogP contribution is 2.31. The van der Waals surface area contributed by atoms with Crippen LogP contribution in [0.3, 0.4) is 0 Å². The fourth-order valence-electron chi connectivity index (χ4n) is 2.32. The zero-order chi connectivity index (χ0) is 16.6. The van der Waals surface area contributed by atoms with Gasteiger partial charge in [-0.2, -0.15) is 5.10 Å². The number of carbonyl (C=O) groups excluding carboxylic acids is 2. The molecule has 0 atom stereocenters. The van der Waals surface area contributed by atoms with E-state index in [2.05, 4.69) is 58.3 Å². The minimum absolute atomic E-state index is 0.119. The molecule has 2 aromatic carbocycles. The maximum atomic E-state index is 12.2. The van der Waals surface area contributed by atoms with E-state index in [1.807, 2.05) is 18.2 Å². The molecule has 0 saturated carbocycles. The van der Waals surface area contributed by atoms with Gasteiger partial charge in [0, 0.05) is 25.4 Å². The van der Waals surface area contributed by atoms with E-state index in [1.54, 1.807) is 18.2 Å². The molecule has 116 valence electrons. The van der Waals surface area contributed by atoms with Gasteiger partial charge < -0.3 is 0 Å². The Morgan fingerprint density at radius 1 is 1.09 bits per heavy atom. The van der Waals surface area contributed by atoms with E-state index < -0.39 is 0 Å². The molecule has 1 aliphatic carbocycles. The number of rotatable bonds is 2. The third-order valence-corrected chi connectivity index (χ3v) is 5.26. The van der Waals surface area contributed by atoms with Gasteiger partial charge in [0.25, 0.3) is 5.91 Å². The van der Waals surface area contributed by atoms with Crippen LogP contribution in [0.1, 0.15) is 21.5 Å². The summed E-state index contributed by atoms with van der Waals surface area (Å²) in [5.41, 5.74) is 4.79. The Bertz CT molecular complexity index is 862. The van der Waals surface area contributed by atoms with E-state index in [-0.39, 0.29) is 23.8 Å². The Morgan fingerprint density at radius 2 is 1.83 bits per heavy atom. The number of nitrogens with zero attached hydrogens (tertiary/aromatic N) is 1. The van der Waals surface area contributed by atoms with Gasteiger partial charge >= 0.3 is 0 Å². The molecule has 1 aliphatic rings. The third-order valence-electron chi connectivity index (χ3n) is 3.40. The zero-order valence-electron chi connectivity index (χ0n) is 11.6. The van der Waals surface area contributed by atoms with Gasteiger partial charge in [-0.15, -0.1) is 0 Å². The molecule has 2 aromatic rings. The minimum Gasteiger partial charge on any atom is -0.292 e. The summed E-state index contributed by atoms with van der Waals surface area (Å²) in [6.45, 7) is 0. The van der Waals surface area contributed by atoms with Gasteiger partial charge in [-0.1, -0.05) is 44.0 Å². The molecule has 7 heteroatoms. The monoisotopic (exact) mass is 498 g/mol. The quantitative estimate of drug-likeness (QED) is 0.627. The fraction of sp³-hybridized carbons (Fsp3) is 0.0625. The lowest BCUT2D eigenvalue weighted by atomic mass is 10.1. The van der Waals surface area contributed by atoms with Crippen LogP contribution in [0.2, 0.25) is 0 Å². The van der Waals surface area contributed by atoms with Crippen LogP contribution in [-0.2, 0) is 11.2 Å².